The maximum atomic E-state index is 15.2. The molecular weight excluding hydrogens is 530 g/mol. The molecule has 3 heterocycles. The monoisotopic (exact) mass is 556 g/mol. The van der Waals surface area contributed by atoms with Crippen molar-refractivity contribution in [3.8, 4) is 28.5 Å². The summed E-state index contributed by atoms with van der Waals surface area (Å²) in [4.78, 5) is 38.5. The lowest BCUT2D eigenvalue weighted by Gasteiger charge is -2.14. The first-order valence-electron chi connectivity index (χ1n) is 12.7. The molecular formula is C31H26F2N4O4. The van der Waals surface area contributed by atoms with Crippen LogP contribution in [0, 0.1) is 32.4 Å². The van der Waals surface area contributed by atoms with Crippen LogP contribution in [0.5, 0.6) is 17.4 Å². The summed E-state index contributed by atoms with van der Waals surface area (Å²) in [5, 5.41) is 0. The molecule has 41 heavy (non-hydrogen) atoms. The number of ketones is 1. The third kappa shape index (κ3) is 5.23. The van der Waals surface area contributed by atoms with Crippen molar-refractivity contribution in [1.82, 2.24) is 15.0 Å². The fourth-order valence-electron chi connectivity index (χ4n) is 4.86. The second kappa shape index (κ2) is 10.8. The Morgan fingerprint density at radius 3 is 2.49 bits per heavy atom. The van der Waals surface area contributed by atoms with Crippen LogP contribution in [-0.4, -0.2) is 27.8 Å². The molecule has 0 saturated heterocycles. The van der Waals surface area contributed by atoms with E-state index in [1.165, 1.54) is 49.7 Å². The molecule has 0 aliphatic carbocycles. The Bertz CT molecular complexity index is 1900. The molecule has 5 aromatic rings. The smallest absolute Gasteiger partial charge is 0.237 e. The molecule has 0 amide bonds. The predicted octanol–water partition coefficient (Wildman–Crippen LogP) is 6.00. The van der Waals surface area contributed by atoms with Crippen LogP contribution in [0.4, 0.5) is 14.5 Å². The van der Waals surface area contributed by atoms with Crippen LogP contribution in [0.1, 0.15) is 32.9 Å². The minimum absolute atomic E-state index is 0.0300. The van der Waals surface area contributed by atoms with Gasteiger partial charge in [0.05, 0.1) is 23.9 Å². The van der Waals surface area contributed by atoms with Gasteiger partial charge in [-0.15, -0.1) is 0 Å². The zero-order valence-electron chi connectivity index (χ0n) is 22.8. The molecule has 3 aromatic heterocycles. The van der Waals surface area contributed by atoms with E-state index in [-0.39, 0.29) is 29.4 Å². The number of rotatable bonds is 7. The molecule has 8 nitrogen and oxygen atoms in total. The first kappa shape index (κ1) is 27.4. The SMILES string of the molecule is COc1nc2c(Oc3ccc(CC(=O)c4c(C)[nH]c(C)c(-c5ccc(F)cc5C)c4=O)cc3F)ccnc2cc1N. The number of carbonyl (C=O) groups excluding carboxylic acids is 1. The molecule has 5 rings (SSSR count). The van der Waals surface area contributed by atoms with Crippen molar-refractivity contribution in [1.29, 1.82) is 0 Å². The number of H-pyrrole nitrogens is 1. The van der Waals surface area contributed by atoms with E-state index in [1.54, 1.807) is 32.9 Å². The van der Waals surface area contributed by atoms with Crippen LogP contribution in [0.15, 0.2) is 59.5 Å². The molecule has 0 unspecified atom stereocenters. The van der Waals surface area contributed by atoms with E-state index in [9.17, 15) is 14.0 Å². The number of nitrogen functional groups attached to an aromatic ring is 1. The van der Waals surface area contributed by atoms with E-state index in [1.807, 2.05) is 0 Å². The number of nitrogens with two attached hydrogens (primary N) is 1. The number of hydrogen-bond donors (Lipinski definition) is 2. The Kier molecular flexibility index (Phi) is 7.23. The number of ether oxygens (including phenoxy) is 2. The minimum atomic E-state index is -0.708. The number of Topliss-reactive ketones (excluding diaryl/α,β-unsaturated/α-hetero) is 1. The third-order valence-corrected chi connectivity index (χ3v) is 6.76. The Morgan fingerprint density at radius 2 is 1.78 bits per heavy atom. The average molecular weight is 557 g/mol. The Labute approximate surface area is 233 Å². The van der Waals surface area contributed by atoms with E-state index in [4.69, 9.17) is 15.2 Å². The molecule has 0 radical (unpaired) electrons. The van der Waals surface area contributed by atoms with Gasteiger partial charge in [0.1, 0.15) is 11.3 Å². The number of aryl methyl sites for hydroxylation is 3. The highest BCUT2D eigenvalue weighted by atomic mass is 19.1. The van der Waals surface area contributed by atoms with Crippen molar-refractivity contribution in [2.45, 2.75) is 27.2 Å². The van der Waals surface area contributed by atoms with Crippen LogP contribution in [0.3, 0.4) is 0 Å². The lowest BCUT2D eigenvalue weighted by molar-refractivity contribution is 0.0991. The number of aromatic amines is 1. The van der Waals surface area contributed by atoms with Gasteiger partial charge >= 0.3 is 0 Å². The van der Waals surface area contributed by atoms with Crippen molar-refractivity contribution in [2.75, 3.05) is 12.8 Å². The summed E-state index contributed by atoms with van der Waals surface area (Å²) in [5.41, 5.74) is 9.19. The van der Waals surface area contributed by atoms with Crippen molar-refractivity contribution in [3.63, 3.8) is 0 Å². The number of nitrogens with zero attached hydrogens (tertiary/aromatic N) is 2. The zero-order valence-corrected chi connectivity index (χ0v) is 22.8. The number of fused-ring (bicyclic) bond motifs is 1. The third-order valence-electron chi connectivity index (χ3n) is 6.76. The van der Waals surface area contributed by atoms with E-state index in [0.29, 0.717) is 50.4 Å². The number of methoxy groups -OCH3 is 1. The average Bonchev–Trinajstić information content (AvgIpc) is 2.91. The maximum Gasteiger partial charge on any atom is 0.237 e. The Balaban J connectivity index is 1.44. The predicted molar refractivity (Wildman–Crippen MR) is 152 cm³/mol. The normalized spacial score (nSPS) is 11.1. The summed E-state index contributed by atoms with van der Waals surface area (Å²) in [6.07, 6.45) is 1.27. The van der Waals surface area contributed by atoms with Crippen LogP contribution in [-0.2, 0) is 6.42 Å². The number of anilines is 1. The van der Waals surface area contributed by atoms with Gasteiger partial charge in [-0.2, -0.15) is 0 Å². The standard InChI is InChI=1S/C31H26F2N4O4/c1-15-11-19(32)6-7-20(15)27-16(2)36-17(3)28(30(27)39)24(38)13-18-5-8-25(21(33)12-18)41-26-9-10-35-23-14-22(34)31(40-4)37-29(23)26/h5-12,14H,13,34H2,1-4H3,(H,36,39). The molecule has 208 valence electrons. The molecule has 2 aromatic carbocycles. The van der Waals surface area contributed by atoms with Gasteiger partial charge in [-0.25, -0.2) is 13.8 Å². The van der Waals surface area contributed by atoms with E-state index in [0.717, 1.165) is 0 Å². The lowest BCUT2D eigenvalue weighted by Crippen LogP contribution is -2.23. The summed E-state index contributed by atoms with van der Waals surface area (Å²) in [6, 6.07) is 11.4. The summed E-state index contributed by atoms with van der Waals surface area (Å²) < 4.78 is 39.8. The van der Waals surface area contributed by atoms with Gasteiger partial charge in [0.15, 0.2) is 23.1 Å². The van der Waals surface area contributed by atoms with Gasteiger partial charge in [0.25, 0.3) is 0 Å². The minimum Gasteiger partial charge on any atom is -0.480 e. The molecule has 0 saturated carbocycles. The number of halogens is 2. The number of carbonyl (C=O) groups is 1. The molecule has 0 aliphatic rings. The summed E-state index contributed by atoms with van der Waals surface area (Å²) in [6.45, 7) is 5.05. The second-order valence-electron chi connectivity index (χ2n) is 9.64. The van der Waals surface area contributed by atoms with Crippen molar-refractivity contribution in [2.24, 2.45) is 0 Å². The van der Waals surface area contributed by atoms with Gasteiger partial charge in [0.2, 0.25) is 11.3 Å². The fourth-order valence-corrected chi connectivity index (χ4v) is 4.86. The maximum absolute atomic E-state index is 15.2. The molecule has 10 heteroatoms. The van der Waals surface area contributed by atoms with Gasteiger partial charge in [-0.05, 0) is 67.8 Å². The molecule has 0 spiro atoms. The van der Waals surface area contributed by atoms with Crippen LogP contribution in [0.25, 0.3) is 22.2 Å². The topological polar surface area (TPSA) is 120 Å². The van der Waals surface area contributed by atoms with Gasteiger partial charge in [0, 0.05) is 35.6 Å². The highest BCUT2D eigenvalue weighted by molar-refractivity contribution is 5.99. The molecule has 0 atom stereocenters. The fraction of sp³-hybridized carbons (Fsp3) is 0.161. The van der Waals surface area contributed by atoms with Gasteiger partial charge in [-0.3, -0.25) is 14.6 Å². The van der Waals surface area contributed by atoms with E-state index >= 15 is 4.39 Å². The number of hydrogen-bond acceptors (Lipinski definition) is 7. The molecule has 3 N–H and O–H groups in total. The van der Waals surface area contributed by atoms with E-state index in [2.05, 4.69) is 15.0 Å². The van der Waals surface area contributed by atoms with Crippen LogP contribution >= 0.6 is 0 Å². The molecule has 0 bridgehead atoms. The highest BCUT2D eigenvalue weighted by Crippen LogP contribution is 2.33. The summed E-state index contributed by atoms with van der Waals surface area (Å²) in [7, 11) is 1.43. The highest BCUT2D eigenvalue weighted by Gasteiger charge is 2.22. The zero-order chi connectivity index (χ0) is 29.4. The summed E-state index contributed by atoms with van der Waals surface area (Å²) >= 11 is 0. The number of pyridine rings is 3. The number of benzene rings is 2. The van der Waals surface area contributed by atoms with Gasteiger partial charge in [-0.1, -0.05) is 12.1 Å². The van der Waals surface area contributed by atoms with Crippen molar-refractivity contribution < 1.29 is 23.0 Å². The Hall–Kier alpha value is -5.12. The molecule has 0 aliphatic heterocycles. The van der Waals surface area contributed by atoms with Crippen molar-refractivity contribution >= 4 is 22.5 Å². The first-order valence-corrected chi connectivity index (χ1v) is 12.7. The quantitative estimate of drug-likeness (QED) is 0.236. The van der Waals surface area contributed by atoms with Crippen LogP contribution < -0.4 is 20.6 Å². The second-order valence-corrected chi connectivity index (χ2v) is 9.64. The molecule has 0 fully saturated rings. The summed E-state index contributed by atoms with van der Waals surface area (Å²) in [5.74, 6) is -1.28. The number of nitrogens with one attached hydrogen (secondary N) is 1. The lowest BCUT2D eigenvalue weighted by atomic mass is 9.93. The van der Waals surface area contributed by atoms with Crippen LogP contribution in [0.2, 0.25) is 0 Å². The first-order chi connectivity index (χ1) is 19.6. The number of aromatic nitrogens is 3. The van der Waals surface area contributed by atoms with E-state index < -0.39 is 22.8 Å². The van der Waals surface area contributed by atoms with Crippen molar-refractivity contribution in [3.05, 3.63) is 105 Å². The largest absolute Gasteiger partial charge is 0.480 e. The van der Waals surface area contributed by atoms with Gasteiger partial charge < -0.3 is 20.2 Å². The Morgan fingerprint density at radius 1 is 1.00 bits per heavy atom.